The molecule has 1 saturated heterocycles. The van der Waals surface area contributed by atoms with Crippen LogP contribution in [0.5, 0.6) is 11.5 Å². The van der Waals surface area contributed by atoms with Gasteiger partial charge in [-0.1, -0.05) is 6.07 Å². The second-order valence-electron chi connectivity index (χ2n) is 7.84. The molecule has 1 atom stereocenters. The maximum Gasteiger partial charge on any atom is 0.314 e. The fourth-order valence-electron chi connectivity index (χ4n) is 4.12. The Morgan fingerprint density at radius 2 is 1.75 bits per heavy atom. The minimum Gasteiger partial charge on any atom is -0.497 e. The Bertz CT molecular complexity index is 974. The van der Waals surface area contributed by atoms with E-state index in [-0.39, 0.29) is 31.0 Å². The van der Waals surface area contributed by atoms with Crippen LogP contribution in [0.4, 0.5) is 8.78 Å². The number of hydrogen-bond donors (Lipinski definition) is 0. The van der Waals surface area contributed by atoms with Crippen molar-refractivity contribution in [3.63, 3.8) is 0 Å². The lowest BCUT2D eigenvalue weighted by molar-refractivity contribution is -0.158. The number of amides is 1. The van der Waals surface area contributed by atoms with Crippen LogP contribution in [-0.2, 0) is 16.0 Å². The number of esters is 1. The van der Waals surface area contributed by atoms with Crippen molar-refractivity contribution in [2.75, 3.05) is 33.9 Å². The molecule has 1 aliphatic rings. The van der Waals surface area contributed by atoms with Gasteiger partial charge in [0.1, 0.15) is 23.1 Å². The molecular weight excluding hydrogens is 420 g/mol. The van der Waals surface area contributed by atoms with E-state index in [1.54, 1.807) is 30.0 Å². The Morgan fingerprint density at radius 1 is 1.06 bits per heavy atom. The smallest absolute Gasteiger partial charge is 0.314 e. The van der Waals surface area contributed by atoms with E-state index in [4.69, 9.17) is 14.2 Å². The lowest BCUT2D eigenvalue weighted by atomic mass is 9.74. The number of benzene rings is 2. The van der Waals surface area contributed by atoms with E-state index in [9.17, 15) is 18.4 Å². The summed E-state index contributed by atoms with van der Waals surface area (Å²) in [7, 11) is 2.99. The SMILES string of the molecule is CCOC(=O)C1(Cc2ccc(F)cc2F)CCCN(C(=O)c2cc(OC)cc(OC)c2)C1. The van der Waals surface area contributed by atoms with Gasteiger partial charge in [-0.3, -0.25) is 9.59 Å². The molecule has 172 valence electrons. The van der Waals surface area contributed by atoms with Crippen LogP contribution in [-0.4, -0.2) is 50.7 Å². The number of carbonyl (C=O) groups excluding carboxylic acids is 2. The minimum atomic E-state index is -1.13. The Hall–Kier alpha value is -3.16. The zero-order valence-corrected chi connectivity index (χ0v) is 18.5. The average molecular weight is 447 g/mol. The van der Waals surface area contributed by atoms with Crippen molar-refractivity contribution in [1.82, 2.24) is 4.90 Å². The van der Waals surface area contributed by atoms with E-state index in [1.165, 1.54) is 20.3 Å². The van der Waals surface area contributed by atoms with Crippen molar-refractivity contribution in [1.29, 1.82) is 0 Å². The second-order valence-corrected chi connectivity index (χ2v) is 7.84. The Labute approximate surface area is 186 Å². The molecule has 0 spiro atoms. The first kappa shape index (κ1) is 23.5. The molecule has 2 aromatic rings. The van der Waals surface area contributed by atoms with Crippen LogP contribution >= 0.6 is 0 Å². The molecule has 0 N–H and O–H groups in total. The van der Waals surface area contributed by atoms with Crippen LogP contribution < -0.4 is 9.47 Å². The van der Waals surface area contributed by atoms with Crippen LogP contribution in [0, 0.1) is 17.0 Å². The first-order chi connectivity index (χ1) is 15.3. The van der Waals surface area contributed by atoms with Crippen molar-refractivity contribution in [2.24, 2.45) is 5.41 Å². The fourth-order valence-corrected chi connectivity index (χ4v) is 4.12. The number of methoxy groups -OCH3 is 2. The number of ether oxygens (including phenoxy) is 3. The van der Waals surface area contributed by atoms with Gasteiger partial charge in [-0.15, -0.1) is 0 Å². The van der Waals surface area contributed by atoms with E-state index in [0.717, 1.165) is 12.1 Å². The maximum atomic E-state index is 14.4. The Balaban J connectivity index is 1.93. The molecule has 0 radical (unpaired) electrons. The zero-order valence-electron chi connectivity index (χ0n) is 18.5. The van der Waals surface area contributed by atoms with Crippen LogP contribution in [0.1, 0.15) is 35.7 Å². The number of nitrogens with zero attached hydrogens (tertiary/aromatic N) is 1. The molecule has 0 bridgehead atoms. The normalized spacial score (nSPS) is 18.2. The second kappa shape index (κ2) is 9.97. The minimum absolute atomic E-state index is 0.00313. The molecule has 0 aromatic heterocycles. The van der Waals surface area contributed by atoms with Gasteiger partial charge in [0.25, 0.3) is 5.91 Å². The van der Waals surface area contributed by atoms with Crippen molar-refractivity contribution < 1.29 is 32.6 Å². The largest absolute Gasteiger partial charge is 0.497 e. The number of piperidine rings is 1. The molecule has 0 aliphatic carbocycles. The Morgan fingerprint density at radius 3 is 2.34 bits per heavy atom. The van der Waals surface area contributed by atoms with Crippen LogP contribution in [0.25, 0.3) is 0 Å². The molecular formula is C24H27F2NO5. The lowest BCUT2D eigenvalue weighted by Crippen LogP contribution is -2.51. The molecule has 2 aromatic carbocycles. The van der Waals surface area contributed by atoms with E-state index in [2.05, 4.69) is 0 Å². The standard InChI is InChI=1S/C24H27F2NO5/c1-4-32-23(29)24(14-16-6-7-18(25)12-21(16)26)8-5-9-27(15-24)22(28)17-10-19(30-2)13-20(11-17)31-3/h6-7,10-13H,4-5,8-9,14-15H2,1-3H3. The number of likely N-dealkylation sites (tertiary alicyclic amines) is 1. The summed E-state index contributed by atoms with van der Waals surface area (Å²) in [5.74, 6) is -1.28. The summed E-state index contributed by atoms with van der Waals surface area (Å²) in [4.78, 5) is 27.9. The first-order valence-corrected chi connectivity index (χ1v) is 10.5. The van der Waals surface area contributed by atoms with Gasteiger partial charge in [-0.25, -0.2) is 8.78 Å². The molecule has 1 heterocycles. The molecule has 0 saturated carbocycles. The number of rotatable bonds is 7. The number of carbonyl (C=O) groups is 2. The van der Waals surface area contributed by atoms with Gasteiger partial charge in [0.15, 0.2) is 0 Å². The first-order valence-electron chi connectivity index (χ1n) is 10.5. The van der Waals surface area contributed by atoms with E-state index in [1.807, 2.05) is 0 Å². The predicted octanol–water partition coefficient (Wildman–Crippen LogP) is 4.01. The van der Waals surface area contributed by atoms with Gasteiger partial charge in [0.05, 0.1) is 26.2 Å². The van der Waals surface area contributed by atoms with E-state index >= 15 is 0 Å². The molecule has 32 heavy (non-hydrogen) atoms. The summed E-state index contributed by atoms with van der Waals surface area (Å²) in [5.41, 5.74) is -0.573. The van der Waals surface area contributed by atoms with Gasteiger partial charge < -0.3 is 19.1 Å². The van der Waals surface area contributed by atoms with Crippen molar-refractivity contribution in [3.8, 4) is 11.5 Å². The summed E-state index contributed by atoms with van der Waals surface area (Å²) < 4.78 is 43.6. The molecule has 8 heteroatoms. The van der Waals surface area contributed by atoms with Gasteiger partial charge >= 0.3 is 5.97 Å². The molecule has 1 fully saturated rings. The van der Waals surface area contributed by atoms with Gasteiger partial charge in [-0.05, 0) is 49.9 Å². The van der Waals surface area contributed by atoms with Crippen molar-refractivity contribution in [2.45, 2.75) is 26.2 Å². The Kier molecular flexibility index (Phi) is 7.33. The summed E-state index contributed by atoms with van der Waals surface area (Å²) in [5, 5.41) is 0. The summed E-state index contributed by atoms with van der Waals surface area (Å²) in [6.45, 7) is 2.35. The van der Waals surface area contributed by atoms with E-state index in [0.29, 0.717) is 36.4 Å². The quantitative estimate of drug-likeness (QED) is 0.600. The molecule has 6 nitrogen and oxygen atoms in total. The average Bonchev–Trinajstić information content (AvgIpc) is 2.80. The van der Waals surface area contributed by atoms with E-state index < -0.39 is 23.0 Å². The maximum absolute atomic E-state index is 14.4. The topological polar surface area (TPSA) is 65.1 Å². The fraction of sp³-hybridized carbons (Fsp3) is 0.417. The number of hydrogen-bond acceptors (Lipinski definition) is 5. The highest BCUT2D eigenvalue weighted by atomic mass is 19.1. The monoisotopic (exact) mass is 447 g/mol. The highest BCUT2D eigenvalue weighted by Crippen LogP contribution is 2.37. The summed E-state index contributed by atoms with van der Waals surface area (Å²) in [6.07, 6.45) is 0.964. The van der Waals surface area contributed by atoms with Crippen molar-refractivity contribution in [3.05, 3.63) is 59.2 Å². The predicted molar refractivity (Wildman–Crippen MR) is 114 cm³/mol. The third kappa shape index (κ3) is 5.00. The van der Waals surface area contributed by atoms with Gasteiger partial charge in [0, 0.05) is 30.8 Å². The summed E-state index contributed by atoms with van der Waals surface area (Å²) >= 11 is 0. The number of halogens is 2. The van der Waals surface area contributed by atoms with Crippen molar-refractivity contribution >= 4 is 11.9 Å². The van der Waals surface area contributed by atoms with Crippen LogP contribution in [0.15, 0.2) is 36.4 Å². The van der Waals surface area contributed by atoms with Crippen LogP contribution in [0.3, 0.4) is 0 Å². The third-order valence-corrected chi connectivity index (χ3v) is 5.71. The molecule has 1 aliphatic heterocycles. The highest BCUT2D eigenvalue weighted by Gasteiger charge is 2.45. The third-order valence-electron chi connectivity index (χ3n) is 5.71. The molecule has 3 rings (SSSR count). The molecule has 1 unspecified atom stereocenters. The zero-order chi connectivity index (χ0) is 23.3. The van der Waals surface area contributed by atoms with Gasteiger partial charge in [0.2, 0.25) is 0 Å². The highest BCUT2D eigenvalue weighted by molar-refractivity contribution is 5.95. The summed E-state index contributed by atoms with van der Waals surface area (Å²) in [6, 6.07) is 8.15. The van der Waals surface area contributed by atoms with Crippen LogP contribution in [0.2, 0.25) is 0 Å². The van der Waals surface area contributed by atoms with Gasteiger partial charge in [-0.2, -0.15) is 0 Å². The lowest BCUT2D eigenvalue weighted by Gasteiger charge is -2.41. The molecule has 1 amide bonds.